The summed E-state index contributed by atoms with van der Waals surface area (Å²) in [6.07, 6.45) is 5.49. The van der Waals surface area contributed by atoms with Crippen LogP contribution in [-0.4, -0.2) is 25.0 Å². The van der Waals surface area contributed by atoms with E-state index in [1.54, 1.807) is 67.8 Å². The first-order valence-electron chi connectivity index (χ1n) is 10.6. The van der Waals surface area contributed by atoms with Gasteiger partial charge < -0.3 is 14.5 Å². The highest BCUT2D eigenvalue weighted by atomic mass is 35.5. The SMILES string of the molecule is COc1ccc(N(C(=O)c2ccco2)[C@H](C(=O)NC2CCCC2)c2ccc(Cl)cc2)cc1. The smallest absolute Gasteiger partial charge is 0.294 e. The van der Waals surface area contributed by atoms with E-state index in [-0.39, 0.29) is 17.7 Å². The molecule has 7 heteroatoms. The molecule has 4 rings (SSSR count). The van der Waals surface area contributed by atoms with E-state index in [2.05, 4.69) is 5.32 Å². The van der Waals surface area contributed by atoms with E-state index >= 15 is 0 Å². The average Bonchev–Trinajstić information content (AvgIpc) is 3.52. The van der Waals surface area contributed by atoms with Crippen LogP contribution in [0.1, 0.15) is 47.8 Å². The first-order valence-corrected chi connectivity index (χ1v) is 11.0. The molecule has 1 atom stereocenters. The molecule has 2 aromatic carbocycles. The average molecular weight is 453 g/mol. The molecule has 166 valence electrons. The normalized spacial score (nSPS) is 14.7. The number of hydrogen-bond donors (Lipinski definition) is 1. The maximum absolute atomic E-state index is 13.6. The van der Waals surface area contributed by atoms with Crippen molar-refractivity contribution in [3.8, 4) is 5.75 Å². The molecule has 0 saturated heterocycles. The number of carbonyl (C=O) groups is 2. The molecule has 32 heavy (non-hydrogen) atoms. The Morgan fingerprint density at radius 3 is 2.34 bits per heavy atom. The molecule has 1 aliphatic rings. The second kappa shape index (κ2) is 9.92. The fraction of sp³-hybridized carbons (Fsp3) is 0.280. The molecule has 1 fully saturated rings. The third-order valence-corrected chi connectivity index (χ3v) is 5.95. The number of nitrogens with one attached hydrogen (secondary N) is 1. The maximum Gasteiger partial charge on any atom is 0.294 e. The lowest BCUT2D eigenvalue weighted by Crippen LogP contribution is -2.46. The molecule has 1 N–H and O–H groups in total. The monoisotopic (exact) mass is 452 g/mol. The zero-order valence-corrected chi connectivity index (χ0v) is 18.5. The van der Waals surface area contributed by atoms with Crippen molar-refractivity contribution in [1.29, 1.82) is 0 Å². The third-order valence-electron chi connectivity index (χ3n) is 5.70. The Morgan fingerprint density at radius 2 is 1.75 bits per heavy atom. The Bertz CT molecular complexity index is 1040. The largest absolute Gasteiger partial charge is 0.497 e. The van der Waals surface area contributed by atoms with Gasteiger partial charge in [-0.2, -0.15) is 0 Å². The molecule has 0 aliphatic heterocycles. The van der Waals surface area contributed by atoms with E-state index < -0.39 is 11.9 Å². The van der Waals surface area contributed by atoms with Crippen LogP contribution in [0.15, 0.2) is 71.3 Å². The number of amides is 2. The predicted octanol–water partition coefficient (Wildman–Crippen LogP) is 5.39. The van der Waals surface area contributed by atoms with Crippen LogP contribution >= 0.6 is 11.6 Å². The van der Waals surface area contributed by atoms with Gasteiger partial charge in [0.05, 0.1) is 13.4 Å². The molecule has 1 saturated carbocycles. The molecular formula is C25H25ClN2O4. The second-order valence-electron chi connectivity index (χ2n) is 7.79. The lowest BCUT2D eigenvalue weighted by atomic mass is 10.0. The second-order valence-corrected chi connectivity index (χ2v) is 8.23. The molecule has 0 unspecified atom stereocenters. The first kappa shape index (κ1) is 22.0. The van der Waals surface area contributed by atoms with Crippen molar-refractivity contribution in [1.82, 2.24) is 5.32 Å². The van der Waals surface area contributed by atoms with Gasteiger partial charge in [0.2, 0.25) is 5.91 Å². The van der Waals surface area contributed by atoms with Gasteiger partial charge in [0, 0.05) is 16.8 Å². The molecule has 1 aromatic heterocycles. The highest BCUT2D eigenvalue weighted by molar-refractivity contribution is 6.30. The number of anilines is 1. The highest BCUT2D eigenvalue weighted by Crippen LogP contribution is 2.32. The number of rotatable bonds is 7. The van der Waals surface area contributed by atoms with Gasteiger partial charge in [-0.05, 0) is 66.9 Å². The standard InChI is InChI=1S/C25H25ClN2O4/c1-31-21-14-12-20(13-15-21)28(25(30)22-7-4-16-32-22)23(17-8-10-18(26)11-9-17)24(29)27-19-5-2-3-6-19/h4,7-16,19,23H,2-3,5-6H2,1H3,(H,27,29)/t23-/m0/s1. The van der Waals surface area contributed by atoms with Crippen molar-refractivity contribution in [2.24, 2.45) is 0 Å². The Morgan fingerprint density at radius 1 is 1.06 bits per heavy atom. The van der Waals surface area contributed by atoms with Crippen molar-refractivity contribution in [2.75, 3.05) is 12.0 Å². The Labute approximate surface area is 192 Å². The number of benzene rings is 2. The maximum atomic E-state index is 13.6. The Balaban J connectivity index is 1.79. The summed E-state index contributed by atoms with van der Waals surface area (Å²) in [6.45, 7) is 0. The zero-order chi connectivity index (χ0) is 22.5. The van der Waals surface area contributed by atoms with Gasteiger partial charge in [0.25, 0.3) is 5.91 Å². The molecule has 2 amide bonds. The van der Waals surface area contributed by atoms with Gasteiger partial charge in [-0.3, -0.25) is 14.5 Å². The van der Waals surface area contributed by atoms with Gasteiger partial charge >= 0.3 is 0 Å². The lowest BCUT2D eigenvalue weighted by Gasteiger charge is -2.32. The number of hydrogen-bond acceptors (Lipinski definition) is 4. The zero-order valence-electron chi connectivity index (χ0n) is 17.8. The minimum atomic E-state index is -0.904. The van der Waals surface area contributed by atoms with Crippen molar-refractivity contribution in [3.05, 3.63) is 83.3 Å². The molecule has 0 spiro atoms. The summed E-state index contributed by atoms with van der Waals surface area (Å²) in [5.74, 6) is 0.141. The van der Waals surface area contributed by atoms with E-state index in [4.69, 9.17) is 20.8 Å². The summed E-state index contributed by atoms with van der Waals surface area (Å²) in [4.78, 5) is 28.6. The topological polar surface area (TPSA) is 71.8 Å². The summed E-state index contributed by atoms with van der Waals surface area (Å²) >= 11 is 6.10. The number of furan rings is 1. The van der Waals surface area contributed by atoms with Gasteiger partial charge in [0.1, 0.15) is 11.8 Å². The van der Waals surface area contributed by atoms with Crippen molar-refractivity contribution in [3.63, 3.8) is 0 Å². The fourth-order valence-corrected chi connectivity index (χ4v) is 4.18. The lowest BCUT2D eigenvalue weighted by molar-refractivity contribution is -0.123. The van der Waals surface area contributed by atoms with E-state index in [9.17, 15) is 9.59 Å². The van der Waals surface area contributed by atoms with E-state index in [1.807, 2.05) is 0 Å². The number of nitrogens with zero attached hydrogens (tertiary/aromatic N) is 1. The number of halogens is 1. The Hall–Kier alpha value is -3.25. The number of methoxy groups -OCH3 is 1. The summed E-state index contributed by atoms with van der Waals surface area (Å²) in [6, 6.07) is 16.4. The van der Waals surface area contributed by atoms with Crippen LogP contribution in [0, 0.1) is 0 Å². The summed E-state index contributed by atoms with van der Waals surface area (Å²) in [5, 5.41) is 3.70. The minimum absolute atomic E-state index is 0.105. The summed E-state index contributed by atoms with van der Waals surface area (Å²) in [5.41, 5.74) is 1.20. The molecule has 3 aromatic rings. The fourth-order valence-electron chi connectivity index (χ4n) is 4.06. The van der Waals surface area contributed by atoms with E-state index in [0.717, 1.165) is 25.7 Å². The van der Waals surface area contributed by atoms with Crippen LogP contribution in [-0.2, 0) is 4.79 Å². The number of ether oxygens (including phenoxy) is 1. The van der Waals surface area contributed by atoms with Gasteiger partial charge in [-0.1, -0.05) is 36.6 Å². The molecule has 0 bridgehead atoms. The van der Waals surface area contributed by atoms with Gasteiger partial charge in [-0.25, -0.2) is 0 Å². The molecule has 0 radical (unpaired) electrons. The van der Waals surface area contributed by atoms with Crippen LogP contribution in [0.5, 0.6) is 5.75 Å². The first-order chi connectivity index (χ1) is 15.6. The van der Waals surface area contributed by atoms with Gasteiger partial charge in [-0.15, -0.1) is 0 Å². The van der Waals surface area contributed by atoms with Crippen LogP contribution in [0.4, 0.5) is 5.69 Å². The predicted molar refractivity (Wildman–Crippen MR) is 123 cm³/mol. The number of carbonyl (C=O) groups excluding carboxylic acids is 2. The van der Waals surface area contributed by atoms with Gasteiger partial charge in [0.15, 0.2) is 5.76 Å². The van der Waals surface area contributed by atoms with Crippen LogP contribution in [0.25, 0.3) is 0 Å². The van der Waals surface area contributed by atoms with Crippen LogP contribution < -0.4 is 15.0 Å². The Kier molecular flexibility index (Phi) is 6.81. The van der Waals surface area contributed by atoms with Crippen molar-refractivity contribution >= 4 is 29.1 Å². The summed E-state index contributed by atoms with van der Waals surface area (Å²) < 4.78 is 10.7. The van der Waals surface area contributed by atoms with Crippen molar-refractivity contribution in [2.45, 2.75) is 37.8 Å². The van der Waals surface area contributed by atoms with Crippen molar-refractivity contribution < 1.29 is 18.7 Å². The molecule has 1 heterocycles. The highest BCUT2D eigenvalue weighted by Gasteiger charge is 2.35. The van der Waals surface area contributed by atoms with E-state index in [0.29, 0.717) is 22.0 Å². The van der Waals surface area contributed by atoms with E-state index in [1.165, 1.54) is 11.2 Å². The molecule has 1 aliphatic carbocycles. The molecular weight excluding hydrogens is 428 g/mol. The minimum Gasteiger partial charge on any atom is -0.497 e. The van der Waals surface area contributed by atoms with Crippen LogP contribution in [0.2, 0.25) is 5.02 Å². The van der Waals surface area contributed by atoms with Crippen LogP contribution in [0.3, 0.4) is 0 Å². The summed E-state index contributed by atoms with van der Waals surface area (Å²) in [7, 11) is 1.58. The molecule has 6 nitrogen and oxygen atoms in total. The third kappa shape index (κ3) is 4.81. The quantitative estimate of drug-likeness (QED) is 0.521.